The maximum Gasteiger partial charge on any atom is 0.149 e. The summed E-state index contributed by atoms with van der Waals surface area (Å²) in [5.41, 5.74) is 5.69. The molecule has 0 spiro atoms. The minimum absolute atomic E-state index is 0.560. The van der Waals surface area contributed by atoms with Crippen molar-refractivity contribution in [2.24, 2.45) is 0 Å². The molecule has 1 atom stereocenters. The molecule has 6 nitrogen and oxygen atoms in total. The molecule has 4 heterocycles. The van der Waals surface area contributed by atoms with Crippen LogP contribution in [0.2, 0.25) is 0 Å². The second-order valence-corrected chi connectivity index (χ2v) is 8.83. The Bertz CT molecular complexity index is 1180. The second-order valence-electron chi connectivity index (χ2n) is 7.83. The molecule has 1 aromatic carbocycles. The number of benzene rings is 1. The van der Waals surface area contributed by atoms with Gasteiger partial charge in [0.2, 0.25) is 0 Å². The Kier molecular flexibility index (Phi) is 4.64. The number of rotatable bonds is 4. The molecule has 0 amide bonds. The van der Waals surface area contributed by atoms with Crippen LogP contribution in [-0.2, 0) is 6.54 Å². The van der Waals surface area contributed by atoms with Crippen molar-refractivity contribution in [1.29, 1.82) is 0 Å². The van der Waals surface area contributed by atoms with Crippen molar-refractivity contribution < 1.29 is 0 Å². The van der Waals surface area contributed by atoms with E-state index < -0.39 is 0 Å². The lowest BCUT2D eigenvalue weighted by molar-refractivity contribution is 0.317. The summed E-state index contributed by atoms with van der Waals surface area (Å²) in [5, 5.41) is 13.2. The topological polar surface area (TPSA) is 66.8 Å². The maximum atomic E-state index is 4.54. The predicted molar refractivity (Wildman–Crippen MR) is 118 cm³/mol. The van der Waals surface area contributed by atoms with Crippen LogP contribution < -0.4 is 5.32 Å². The third kappa shape index (κ3) is 3.24. The summed E-state index contributed by atoms with van der Waals surface area (Å²) in [6.07, 6.45) is 4.17. The third-order valence-corrected chi connectivity index (χ3v) is 7.08. The fraction of sp³-hybridized carbons (Fsp3) is 0.364. The molecule has 7 heteroatoms. The van der Waals surface area contributed by atoms with E-state index in [0.29, 0.717) is 6.04 Å². The molecular formula is C22H24N6S. The molecule has 1 saturated heterocycles. The molecular weight excluding hydrogens is 380 g/mol. The van der Waals surface area contributed by atoms with Crippen LogP contribution in [0.3, 0.4) is 0 Å². The summed E-state index contributed by atoms with van der Waals surface area (Å²) in [6, 6.07) is 9.53. The summed E-state index contributed by atoms with van der Waals surface area (Å²) in [7, 11) is 2.21. The average molecular weight is 405 g/mol. The Hall–Kier alpha value is -2.64. The largest absolute Gasteiger partial charge is 0.365 e. The highest BCUT2D eigenvalue weighted by molar-refractivity contribution is 7.25. The normalized spacial score (nSPS) is 17.4. The van der Waals surface area contributed by atoms with E-state index in [2.05, 4.69) is 68.6 Å². The number of fused-ring (bicyclic) bond motifs is 3. The zero-order valence-electron chi connectivity index (χ0n) is 16.9. The van der Waals surface area contributed by atoms with E-state index in [1.807, 2.05) is 6.92 Å². The first-order valence-electron chi connectivity index (χ1n) is 10.0. The van der Waals surface area contributed by atoms with Gasteiger partial charge in [-0.1, -0.05) is 24.3 Å². The van der Waals surface area contributed by atoms with Crippen molar-refractivity contribution in [2.75, 3.05) is 18.9 Å². The van der Waals surface area contributed by atoms with Crippen LogP contribution in [-0.4, -0.2) is 38.7 Å². The Morgan fingerprint density at radius 1 is 1.14 bits per heavy atom. The maximum absolute atomic E-state index is 4.54. The van der Waals surface area contributed by atoms with Crippen molar-refractivity contribution in [2.45, 2.75) is 39.3 Å². The average Bonchev–Trinajstić information content (AvgIpc) is 3.33. The van der Waals surface area contributed by atoms with E-state index >= 15 is 0 Å². The molecule has 0 radical (unpaired) electrons. The number of hydrogen-bond donors (Lipinski definition) is 1. The van der Waals surface area contributed by atoms with Gasteiger partial charge in [0, 0.05) is 18.0 Å². The Morgan fingerprint density at radius 2 is 1.97 bits per heavy atom. The molecule has 0 aliphatic carbocycles. The van der Waals surface area contributed by atoms with Gasteiger partial charge in [0.1, 0.15) is 17.0 Å². The molecule has 1 fully saturated rings. The van der Waals surface area contributed by atoms with Gasteiger partial charge in [-0.15, -0.1) is 16.4 Å². The standard InChI is InChI=1S/C22H24N6S/c1-13-14(2)26-27-22-18(13)19-20(29-22)21(25-12-24-19)23-11-15-6-8-16(9-7-15)17-5-4-10-28(17)3/h6-9,12,17H,4-5,10-11H2,1-3H3,(H,23,24,25). The summed E-state index contributed by atoms with van der Waals surface area (Å²) in [6.45, 7) is 5.98. The highest BCUT2D eigenvalue weighted by atomic mass is 32.1. The Labute approximate surface area is 174 Å². The first kappa shape index (κ1) is 18.4. The van der Waals surface area contributed by atoms with E-state index in [9.17, 15) is 0 Å². The van der Waals surface area contributed by atoms with Gasteiger partial charge in [0.05, 0.1) is 15.9 Å². The van der Waals surface area contributed by atoms with Crippen molar-refractivity contribution in [1.82, 2.24) is 25.1 Å². The first-order chi connectivity index (χ1) is 14.1. The zero-order chi connectivity index (χ0) is 20.0. The molecule has 5 rings (SSSR count). The second kappa shape index (κ2) is 7.31. The van der Waals surface area contributed by atoms with Crippen LogP contribution in [0, 0.1) is 13.8 Å². The predicted octanol–water partition coefficient (Wildman–Crippen LogP) is 4.63. The highest BCUT2D eigenvalue weighted by Crippen LogP contribution is 2.36. The number of hydrogen-bond acceptors (Lipinski definition) is 7. The number of thiophene rings is 1. The first-order valence-corrected chi connectivity index (χ1v) is 10.8. The lowest BCUT2D eigenvalue weighted by Gasteiger charge is -2.20. The third-order valence-electron chi connectivity index (χ3n) is 6.01. The molecule has 29 heavy (non-hydrogen) atoms. The zero-order valence-corrected chi connectivity index (χ0v) is 17.8. The van der Waals surface area contributed by atoms with Crippen molar-refractivity contribution in [3.63, 3.8) is 0 Å². The molecule has 4 aromatic rings. The molecule has 1 aliphatic heterocycles. The SMILES string of the molecule is Cc1nnc2sc3c(NCc4ccc(C5CCCN5C)cc4)ncnc3c2c1C. The molecule has 3 aromatic heterocycles. The fourth-order valence-electron chi connectivity index (χ4n) is 4.18. The summed E-state index contributed by atoms with van der Waals surface area (Å²) < 4.78 is 1.04. The lowest BCUT2D eigenvalue weighted by atomic mass is 10.0. The van der Waals surface area contributed by atoms with Gasteiger partial charge in [0.15, 0.2) is 0 Å². The molecule has 1 unspecified atom stereocenters. The van der Waals surface area contributed by atoms with E-state index in [4.69, 9.17) is 0 Å². The highest BCUT2D eigenvalue weighted by Gasteiger charge is 2.22. The number of aromatic nitrogens is 4. The Balaban J connectivity index is 1.40. The molecule has 1 N–H and O–H groups in total. The van der Waals surface area contributed by atoms with Crippen molar-refractivity contribution >= 4 is 37.6 Å². The van der Waals surface area contributed by atoms with E-state index in [1.165, 1.54) is 30.5 Å². The smallest absolute Gasteiger partial charge is 0.149 e. The van der Waals surface area contributed by atoms with Gasteiger partial charge >= 0.3 is 0 Å². The quantitative estimate of drug-likeness (QED) is 0.535. The lowest BCUT2D eigenvalue weighted by Crippen LogP contribution is -2.17. The number of aryl methyl sites for hydroxylation is 2. The van der Waals surface area contributed by atoms with E-state index in [-0.39, 0.29) is 0 Å². The van der Waals surface area contributed by atoms with Gasteiger partial charge < -0.3 is 5.32 Å². The van der Waals surface area contributed by atoms with Crippen LogP contribution in [0.4, 0.5) is 5.82 Å². The number of nitrogens with zero attached hydrogens (tertiary/aromatic N) is 5. The van der Waals surface area contributed by atoms with Crippen LogP contribution in [0.15, 0.2) is 30.6 Å². The summed E-state index contributed by atoms with van der Waals surface area (Å²) in [4.78, 5) is 12.4. The van der Waals surface area contributed by atoms with Crippen molar-refractivity contribution in [3.05, 3.63) is 53.0 Å². The van der Waals surface area contributed by atoms with Crippen LogP contribution >= 0.6 is 11.3 Å². The van der Waals surface area contributed by atoms with Gasteiger partial charge in [-0.25, -0.2) is 9.97 Å². The van der Waals surface area contributed by atoms with E-state index in [1.54, 1.807) is 17.7 Å². The molecule has 0 bridgehead atoms. The van der Waals surface area contributed by atoms with Gasteiger partial charge in [-0.05, 0) is 57.0 Å². The van der Waals surface area contributed by atoms with Crippen molar-refractivity contribution in [3.8, 4) is 0 Å². The van der Waals surface area contributed by atoms with Gasteiger partial charge in [-0.3, -0.25) is 4.90 Å². The molecule has 148 valence electrons. The number of likely N-dealkylation sites (tertiary alicyclic amines) is 1. The summed E-state index contributed by atoms with van der Waals surface area (Å²) in [5.74, 6) is 0.856. The fourth-order valence-corrected chi connectivity index (χ4v) is 5.28. The van der Waals surface area contributed by atoms with Gasteiger partial charge in [0.25, 0.3) is 0 Å². The minimum atomic E-state index is 0.560. The number of anilines is 1. The monoisotopic (exact) mass is 404 g/mol. The minimum Gasteiger partial charge on any atom is -0.365 e. The number of nitrogens with one attached hydrogen (secondary N) is 1. The van der Waals surface area contributed by atoms with Crippen LogP contribution in [0.1, 0.15) is 41.3 Å². The van der Waals surface area contributed by atoms with Crippen LogP contribution in [0.5, 0.6) is 0 Å². The Morgan fingerprint density at radius 3 is 2.72 bits per heavy atom. The summed E-state index contributed by atoms with van der Waals surface area (Å²) >= 11 is 1.60. The van der Waals surface area contributed by atoms with Gasteiger partial charge in [-0.2, -0.15) is 5.10 Å². The molecule has 0 saturated carbocycles. The molecule has 1 aliphatic rings. The van der Waals surface area contributed by atoms with Crippen LogP contribution in [0.25, 0.3) is 20.4 Å². The van der Waals surface area contributed by atoms with E-state index in [0.717, 1.165) is 44.1 Å².